The second-order valence-corrected chi connectivity index (χ2v) is 4.83. The standard InChI is InChI=1S/C17H12F3N/c18-10-5-7-16(20)14(9-10)17(21)13-6-8-15(19)12-4-2-1-3-11(12)13/h1-9,17H,21H2. The molecule has 0 radical (unpaired) electrons. The van der Waals surface area contributed by atoms with Crippen molar-refractivity contribution in [2.24, 2.45) is 5.73 Å². The van der Waals surface area contributed by atoms with Crippen LogP contribution >= 0.6 is 0 Å². The van der Waals surface area contributed by atoms with Gasteiger partial charge in [0.1, 0.15) is 17.5 Å². The van der Waals surface area contributed by atoms with E-state index in [1.165, 1.54) is 12.1 Å². The van der Waals surface area contributed by atoms with E-state index in [4.69, 9.17) is 5.73 Å². The largest absolute Gasteiger partial charge is 0.320 e. The van der Waals surface area contributed by atoms with Crippen LogP contribution in [0.2, 0.25) is 0 Å². The summed E-state index contributed by atoms with van der Waals surface area (Å²) in [5.41, 5.74) is 6.67. The number of halogens is 3. The Kier molecular flexibility index (Phi) is 3.39. The minimum absolute atomic E-state index is 0.0479. The third kappa shape index (κ3) is 2.38. The summed E-state index contributed by atoms with van der Waals surface area (Å²) < 4.78 is 41.0. The Labute approximate surface area is 119 Å². The predicted molar refractivity (Wildman–Crippen MR) is 76.3 cm³/mol. The summed E-state index contributed by atoms with van der Waals surface area (Å²) in [5, 5.41) is 0.996. The van der Waals surface area contributed by atoms with Gasteiger partial charge in [0.05, 0.1) is 6.04 Å². The molecule has 0 heterocycles. The lowest BCUT2D eigenvalue weighted by atomic mass is 9.94. The summed E-state index contributed by atoms with van der Waals surface area (Å²) in [6.07, 6.45) is 0. The Morgan fingerprint density at radius 2 is 1.38 bits per heavy atom. The molecule has 3 rings (SSSR count). The van der Waals surface area contributed by atoms with Gasteiger partial charge in [-0.1, -0.05) is 30.3 Å². The Morgan fingerprint density at radius 3 is 2.14 bits per heavy atom. The molecule has 3 aromatic rings. The molecule has 0 amide bonds. The molecule has 1 unspecified atom stereocenters. The van der Waals surface area contributed by atoms with E-state index in [2.05, 4.69) is 0 Å². The first-order valence-electron chi connectivity index (χ1n) is 6.45. The van der Waals surface area contributed by atoms with Gasteiger partial charge >= 0.3 is 0 Å². The van der Waals surface area contributed by atoms with Gasteiger partial charge in [0.25, 0.3) is 0 Å². The van der Waals surface area contributed by atoms with Crippen LogP contribution in [0.5, 0.6) is 0 Å². The zero-order chi connectivity index (χ0) is 15.0. The highest BCUT2D eigenvalue weighted by Crippen LogP contribution is 2.30. The number of rotatable bonds is 2. The molecule has 1 nitrogen and oxygen atoms in total. The molecule has 0 aliphatic carbocycles. The van der Waals surface area contributed by atoms with Crippen LogP contribution in [0.1, 0.15) is 17.2 Å². The molecule has 0 aromatic heterocycles. The summed E-state index contributed by atoms with van der Waals surface area (Å²) in [6, 6.07) is 11.9. The second kappa shape index (κ2) is 5.22. The highest BCUT2D eigenvalue weighted by Gasteiger charge is 2.17. The van der Waals surface area contributed by atoms with E-state index >= 15 is 0 Å². The van der Waals surface area contributed by atoms with Crippen molar-refractivity contribution in [2.45, 2.75) is 6.04 Å². The van der Waals surface area contributed by atoms with Gasteiger partial charge in [0, 0.05) is 10.9 Å². The van der Waals surface area contributed by atoms with Crippen LogP contribution in [0.25, 0.3) is 10.8 Å². The molecular formula is C17H12F3N. The maximum absolute atomic E-state index is 13.9. The molecule has 0 aliphatic rings. The lowest BCUT2D eigenvalue weighted by Crippen LogP contribution is -2.14. The number of hydrogen-bond donors (Lipinski definition) is 1. The van der Waals surface area contributed by atoms with Crippen molar-refractivity contribution in [1.82, 2.24) is 0 Å². The minimum atomic E-state index is -0.869. The van der Waals surface area contributed by atoms with Crippen LogP contribution in [0, 0.1) is 17.5 Å². The van der Waals surface area contributed by atoms with Crippen LogP contribution in [0.15, 0.2) is 54.6 Å². The summed E-state index contributed by atoms with van der Waals surface area (Å²) in [6.45, 7) is 0. The number of fused-ring (bicyclic) bond motifs is 1. The van der Waals surface area contributed by atoms with E-state index in [0.717, 1.165) is 18.2 Å². The molecule has 21 heavy (non-hydrogen) atoms. The lowest BCUT2D eigenvalue weighted by Gasteiger charge is -2.16. The van der Waals surface area contributed by atoms with Gasteiger partial charge in [-0.05, 0) is 35.2 Å². The van der Waals surface area contributed by atoms with Crippen LogP contribution < -0.4 is 5.73 Å². The molecular weight excluding hydrogens is 275 g/mol. The number of hydrogen-bond acceptors (Lipinski definition) is 1. The molecule has 0 spiro atoms. The number of nitrogens with two attached hydrogens (primary N) is 1. The highest BCUT2D eigenvalue weighted by atomic mass is 19.1. The smallest absolute Gasteiger partial charge is 0.131 e. The maximum Gasteiger partial charge on any atom is 0.131 e. The summed E-state index contributed by atoms with van der Waals surface area (Å²) in [5.74, 6) is -1.52. The van der Waals surface area contributed by atoms with Gasteiger partial charge < -0.3 is 5.73 Å². The van der Waals surface area contributed by atoms with Gasteiger partial charge in [-0.3, -0.25) is 0 Å². The minimum Gasteiger partial charge on any atom is -0.320 e. The Bertz CT molecular complexity index is 814. The van der Waals surface area contributed by atoms with E-state index in [0.29, 0.717) is 16.3 Å². The van der Waals surface area contributed by atoms with Crippen molar-refractivity contribution >= 4 is 10.8 Å². The molecule has 1 atom stereocenters. The van der Waals surface area contributed by atoms with Crippen LogP contribution in [0.3, 0.4) is 0 Å². The van der Waals surface area contributed by atoms with Gasteiger partial charge in [-0.15, -0.1) is 0 Å². The normalized spacial score (nSPS) is 12.6. The first kappa shape index (κ1) is 13.6. The summed E-state index contributed by atoms with van der Waals surface area (Å²) >= 11 is 0. The molecule has 0 fully saturated rings. The van der Waals surface area contributed by atoms with E-state index in [1.54, 1.807) is 24.3 Å². The summed E-state index contributed by atoms with van der Waals surface area (Å²) in [4.78, 5) is 0. The molecule has 3 aromatic carbocycles. The van der Waals surface area contributed by atoms with Crippen molar-refractivity contribution in [2.75, 3.05) is 0 Å². The van der Waals surface area contributed by atoms with E-state index in [9.17, 15) is 13.2 Å². The fourth-order valence-electron chi connectivity index (χ4n) is 2.48. The molecule has 0 aliphatic heterocycles. The highest BCUT2D eigenvalue weighted by molar-refractivity contribution is 5.87. The zero-order valence-corrected chi connectivity index (χ0v) is 11.0. The van der Waals surface area contributed by atoms with Crippen LogP contribution in [-0.2, 0) is 0 Å². The third-order valence-electron chi connectivity index (χ3n) is 3.53. The fourth-order valence-corrected chi connectivity index (χ4v) is 2.48. The lowest BCUT2D eigenvalue weighted by molar-refractivity contribution is 0.577. The molecule has 0 saturated heterocycles. The van der Waals surface area contributed by atoms with Crippen molar-refractivity contribution in [3.8, 4) is 0 Å². The summed E-state index contributed by atoms with van der Waals surface area (Å²) in [7, 11) is 0. The van der Waals surface area contributed by atoms with E-state index in [1.807, 2.05) is 0 Å². The van der Waals surface area contributed by atoms with E-state index in [-0.39, 0.29) is 11.4 Å². The fraction of sp³-hybridized carbons (Fsp3) is 0.0588. The first-order valence-corrected chi connectivity index (χ1v) is 6.45. The van der Waals surface area contributed by atoms with Gasteiger partial charge in [0.2, 0.25) is 0 Å². The van der Waals surface area contributed by atoms with Crippen molar-refractivity contribution in [3.63, 3.8) is 0 Å². The SMILES string of the molecule is NC(c1cc(F)ccc1F)c1ccc(F)c2ccccc12. The zero-order valence-electron chi connectivity index (χ0n) is 11.0. The van der Waals surface area contributed by atoms with Crippen molar-refractivity contribution in [3.05, 3.63) is 83.2 Å². The Balaban J connectivity index is 2.20. The second-order valence-electron chi connectivity index (χ2n) is 4.83. The monoisotopic (exact) mass is 287 g/mol. The quantitative estimate of drug-likeness (QED) is 0.747. The topological polar surface area (TPSA) is 26.0 Å². The average molecular weight is 287 g/mol. The number of benzene rings is 3. The molecule has 0 saturated carbocycles. The Morgan fingerprint density at radius 1 is 0.714 bits per heavy atom. The van der Waals surface area contributed by atoms with Crippen LogP contribution in [0.4, 0.5) is 13.2 Å². The van der Waals surface area contributed by atoms with E-state index < -0.39 is 17.7 Å². The maximum atomic E-state index is 13.9. The van der Waals surface area contributed by atoms with Crippen LogP contribution in [-0.4, -0.2) is 0 Å². The average Bonchev–Trinajstić information content (AvgIpc) is 2.50. The van der Waals surface area contributed by atoms with Gasteiger partial charge in [-0.2, -0.15) is 0 Å². The molecule has 4 heteroatoms. The predicted octanol–water partition coefficient (Wildman–Crippen LogP) is 4.31. The van der Waals surface area contributed by atoms with Crippen molar-refractivity contribution in [1.29, 1.82) is 0 Å². The Hall–Kier alpha value is -2.33. The molecule has 106 valence electrons. The molecule has 2 N–H and O–H groups in total. The molecule has 0 bridgehead atoms. The van der Waals surface area contributed by atoms with Crippen molar-refractivity contribution < 1.29 is 13.2 Å². The van der Waals surface area contributed by atoms with Gasteiger partial charge in [0.15, 0.2) is 0 Å². The first-order chi connectivity index (χ1) is 10.1. The third-order valence-corrected chi connectivity index (χ3v) is 3.53. The van der Waals surface area contributed by atoms with Gasteiger partial charge in [-0.25, -0.2) is 13.2 Å².